The summed E-state index contributed by atoms with van der Waals surface area (Å²) in [5, 5.41) is 2.61. The molecule has 0 saturated carbocycles. The lowest BCUT2D eigenvalue weighted by molar-refractivity contribution is 0.609. The van der Waals surface area contributed by atoms with Crippen molar-refractivity contribution < 1.29 is 8.42 Å². The van der Waals surface area contributed by atoms with E-state index in [9.17, 15) is 13.3 Å². The molecule has 1 aromatic carbocycles. The third-order valence-electron chi connectivity index (χ3n) is 1.54. The molecule has 0 spiro atoms. The molecule has 0 radical (unpaired) electrons. The smallest absolute Gasteiger partial charge is 0.207 e. The molecule has 0 aliphatic carbocycles. The second kappa shape index (κ2) is 3.43. The zero-order valence-corrected chi connectivity index (χ0v) is 8.26. The van der Waals surface area contributed by atoms with E-state index in [2.05, 4.69) is 5.18 Å². The number of rotatable bonds is 2. The maximum absolute atomic E-state index is 10.9. The summed E-state index contributed by atoms with van der Waals surface area (Å²) in [6.45, 7) is 1.59. The van der Waals surface area contributed by atoms with Gasteiger partial charge in [-0.25, -0.2) is 8.42 Å². The first-order valence-electron chi connectivity index (χ1n) is 3.34. The van der Waals surface area contributed by atoms with Gasteiger partial charge in [-0.1, -0.05) is 6.07 Å². The van der Waals surface area contributed by atoms with E-state index >= 15 is 0 Å². The third-order valence-corrected chi connectivity index (χ3v) is 3.00. The Labute approximate surface area is 79.9 Å². The SMILES string of the molecule is Cc1ccc(N=O)cc1S(=O)(=O)Cl. The molecular weight excluding hydrogens is 214 g/mol. The Morgan fingerprint density at radius 1 is 1.38 bits per heavy atom. The maximum atomic E-state index is 10.9. The molecule has 0 bridgehead atoms. The van der Waals surface area contributed by atoms with Crippen LogP contribution in [0.25, 0.3) is 0 Å². The van der Waals surface area contributed by atoms with E-state index in [-0.39, 0.29) is 10.6 Å². The molecule has 0 aliphatic rings. The van der Waals surface area contributed by atoms with Crippen molar-refractivity contribution in [3.63, 3.8) is 0 Å². The molecule has 0 unspecified atom stereocenters. The Morgan fingerprint density at radius 3 is 2.46 bits per heavy atom. The minimum absolute atomic E-state index is 0.0461. The summed E-state index contributed by atoms with van der Waals surface area (Å²) in [7, 11) is 1.33. The van der Waals surface area contributed by atoms with Crippen molar-refractivity contribution in [3.05, 3.63) is 28.7 Å². The molecule has 70 valence electrons. The average Bonchev–Trinajstić information content (AvgIpc) is 2.03. The zero-order chi connectivity index (χ0) is 10.1. The number of hydrogen-bond acceptors (Lipinski definition) is 4. The van der Waals surface area contributed by atoms with E-state index < -0.39 is 9.05 Å². The topological polar surface area (TPSA) is 63.6 Å². The number of nitroso groups, excluding NO2 is 1. The van der Waals surface area contributed by atoms with Crippen molar-refractivity contribution in [1.29, 1.82) is 0 Å². The summed E-state index contributed by atoms with van der Waals surface area (Å²) >= 11 is 0. The molecule has 13 heavy (non-hydrogen) atoms. The van der Waals surface area contributed by atoms with Crippen molar-refractivity contribution in [1.82, 2.24) is 0 Å². The van der Waals surface area contributed by atoms with Crippen LogP contribution in [0.1, 0.15) is 5.56 Å². The minimum atomic E-state index is -3.79. The van der Waals surface area contributed by atoms with Crippen LogP contribution >= 0.6 is 10.7 Å². The number of halogens is 1. The van der Waals surface area contributed by atoms with Crippen molar-refractivity contribution >= 4 is 25.4 Å². The Bertz CT molecular complexity index is 441. The standard InChI is InChI=1S/C7H6ClNO3S/c1-5-2-3-6(9-10)4-7(5)13(8,11)12/h2-4H,1H3. The fourth-order valence-corrected chi connectivity index (χ4v) is 2.12. The second-order valence-electron chi connectivity index (χ2n) is 2.48. The van der Waals surface area contributed by atoms with Gasteiger partial charge in [-0.3, -0.25) is 0 Å². The van der Waals surface area contributed by atoms with Crippen molar-refractivity contribution in [2.24, 2.45) is 5.18 Å². The van der Waals surface area contributed by atoms with E-state index in [0.717, 1.165) is 6.07 Å². The van der Waals surface area contributed by atoms with Gasteiger partial charge in [0.15, 0.2) is 0 Å². The molecule has 1 aromatic rings. The van der Waals surface area contributed by atoms with Gasteiger partial charge in [0.2, 0.25) is 0 Å². The lowest BCUT2D eigenvalue weighted by Gasteiger charge is -2.00. The highest BCUT2D eigenvalue weighted by Gasteiger charge is 2.13. The van der Waals surface area contributed by atoms with Crippen LogP contribution in [0.5, 0.6) is 0 Å². The largest absolute Gasteiger partial charge is 0.261 e. The van der Waals surface area contributed by atoms with Crippen LogP contribution < -0.4 is 0 Å². The van der Waals surface area contributed by atoms with Crippen LogP contribution in [0.2, 0.25) is 0 Å². The monoisotopic (exact) mass is 219 g/mol. The lowest BCUT2D eigenvalue weighted by Crippen LogP contribution is -1.93. The molecule has 0 atom stereocenters. The molecule has 0 heterocycles. The molecule has 6 heteroatoms. The fourth-order valence-electron chi connectivity index (χ4n) is 0.908. The number of hydrogen-bond donors (Lipinski definition) is 0. The highest BCUT2D eigenvalue weighted by Crippen LogP contribution is 2.24. The molecule has 0 saturated heterocycles. The first kappa shape index (κ1) is 10.1. The van der Waals surface area contributed by atoms with Crippen molar-refractivity contribution in [2.45, 2.75) is 11.8 Å². The Morgan fingerprint density at radius 2 is 2.00 bits per heavy atom. The van der Waals surface area contributed by atoms with Crippen LogP contribution in [0, 0.1) is 11.8 Å². The van der Waals surface area contributed by atoms with E-state index in [1.165, 1.54) is 12.1 Å². The third kappa shape index (κ3) is 2.26. The van der Waals surface area contributed by atoms with Gasteiger partial charge in [0.25, 0.3) is 9.05 Å². The van der Waals surface area contributed by atoms with Gasteiger partial charge in [0.1, 0.15) is 5.69 Å². The summed E-state index contributed by atoms with van der Waals surface area (Å²) in [6.07, 6.45) is 0. The first-order chi connectivity index (χ1) is 5.95. The second-order valence-corrected chi connectivity index (χ2v) is 5.01. The van der Waals surface area contributed by atoms with Crippen LogP contribution in [-0.2, 0) is 9.05 Å². The van der Waals surface area contributed by atoms with E-state index in [0.29, 0.717) is 5.56 Å². The normalized spacial score (nSPS) is 11.2. The van der Waals surface area contributed by atoms with E-state index in [1.54, 1.807) is 6.92 Å². The molecule has 0 fully saturated rings. The fraction of sp³-hybridized carbons (Fsp3) is 0.143. The van der Waals surface area contributed by atoms with Crippen LogP contribution in [0.3, 0.4) is 0 Å². The Hall–Kier alpha value is -0.940. The molecule has 1 rings (SSSR count). The van der Waals surface area contributed by atoms with Gasteiger partial charge in [0.05, 0.1) is 4.90 Å². The van der Waals surface area contributed by atoms with Crippen LogP contribution in [0.15, 0.2) is 28.3 Å². The molecule has 0 amide bonds. The van der Waals surface area contributed by atoms with Gasteiger partial charge in [-0.15, -0.1) is 4.91 Å². The zero-order valence-electron chi connectivity index (χ0n) is 6.69. The Balaban J connectivity index is 3.44. The molecular formula is C7H6ClNO3S. The highest BCUT2D eigenvalue weighted by atomic mass is 35.7. The predicted molar refractivity (Wildman–Crippen MR) is 49.7 cm³/mol. The first-order valence-corrected chi connectivity index (χ1v) is 5.65. The van der Waals surface area contributed by atoms with Gasteiger partial charge in [-0.2, -0.15) is 0 Å². The molecule has 0 aromatic heterocycles. The number of benzene rings is 1. The average molecular weight is 220 g/mol. The van der Waals surface area contributed by atoms with Crippen molar-refractivity contribution in [3.8, 4) is 0 Å². The van der Waals surface area contributed by atoms with Gasteiger partial charge in [0, 0.05) is 10.7 Å². The summed E-state index contributed by atoms with van der Waals surface area (Å²) < 4.78 is 21.9. The lowest BCUT2D eigenvalue weighted by atomic mass is 10.2. The predicted octanol–water partition coefficient (Wildman–Crippen LogP) is 2.32. The maximum Gasteiger partial charge on any atom is 0.261 e. The van der Waals surface area contributed by atoms with Gasteiger partial charge in [-0.05, 0) is 29.8 Å². The van der Waals surface area contributed by atoms with E-state index in [4.69, 9.17) is 10.7 Å². The van der Waals surface area contributed by atoms with Crippen molar-refractivity contribution in [2.75, 3.05) is 0 Å². The van der Waals surface area contributed by atoms with Crippen LogP contribution in [0.4, 0.5) is 5.69 Å². The minimum Gasteiger partial charge on any atom is -0.207 e. The summed E-state index contributed by atoms with van der Waals surface area (Å²) in [5.74, 6) is 0. The van der Waals surface area contributed by atoms with Gasteiger partial charge < -0.3 is 0 Å². The van der Waals surface area contributed by atoms with E-state index in [1.807, 2.05) is 0 Å². The van der Waals surface area contributed by atoms with Crippen LogP contribution in [-0.4, -0.2) is 8.42 Å². The Kier molecular flexibility index (Phi) is 2.68. The summed E-state index contributed by atoms with van der Waals surface area (Å²) in [5.41, 5.74) is 0.534. The summed E-state index contributed by atoms with van der Waals surface area (Å²) in [6, 6.07) is 4.05. The molecule has 0 aliphatic heterocycles. The van der Waals surface area contributed by atoms with Gasteiger partial charge >= 0.3 is 0 Å². The highest BCUT2D eigenvalue weighted by molar-refractivity contribution is 8.13. The molecule has 0 N–H and O–H groups in total. The number of aryl methyl sites for hydroxylation is 1. The quantitative estimate of drug-likeness (QED) is 0.566. The molecule has 4 nitrogen and oxygen atoms in total. The summed E-state index contributed by atoms with van der Waals surface area (Å²) in [4.78, 5) is 10.0. The number of nitrogens with zero attached hydrogens (tertiary/aromatic N) is 1.